The van der Waals surface area contributed by atoms with E-state index in [1.165, 1.54) is 6.26 Å². The highest BCUT2D eigenvalue weighted by atomic mass is 16.5. The van der Waals surface area contributed by atoms with Crippen LogP contribution in [0.4, 0.5) is 0 Å². The Morgan fingerprint density at radius 2 is 1.88 bits per heavy atom. The lowest BCUT2D eigenvalue weighted by atomic mass is 10.1. The molecule has 1 heterocycles. The van der Waals surface area contributed by atoms with Gasteiger partial charge in [-0.05, 0) is 51.8 Å². The first kappa shape index (κ1) is 25.3. The Bertz CT molecular complexity index is 863. The maximum atomic E-state index is 12.1. The summed E-state index contributed by atoms with van der Waals surface area (Å²) >= 11 is 0. The first-order valence-corrected chi connectivity index (χ1v) is 11.2. The van der Waals surface area contributed by atoms with Crippen LogP contribution in [0.2, 0.25) is 0 Å². The maximum absolute atomic E-state index is 12.1. The molecule has 1 aromatic carbocycles. The fraction of sp³-hybridized carbons (Fsp3) is 0.500. The van der Waals surface area contributed by atoms with Gasteiger partial charge in [0, 0.05) is 37.4 Å². The van der Waals surface area contributed by atoms with E-state index in [2.05, 4.69) is 27.0 Å². The zero-order valence-electron chi connectivity index (χ0n) is 19.6. The van der Waals surface area contributed by atoms with Gasteiger partial charge in [-0.25, -0.2) is 4.99 Å². The largest absolute Gasteiger partial charge is 0.491 e. The topological polar surface area (TPSA) is 97.1 Å². The molecule has 0 radical (unpaired) electrons. The molecule has 8 nitrogen and oxygen atoms in total. The van der Waals surface area contributed by atoms with Crippen molar-refractivity contribution in [1.29, 1.82) is 0 Å². The van der Waals surface area contributed by atoms with Gasteiger partial charge in [0.15, 0.2) is 11.7 Å². The number of hydrogen-bond donors (Lipinski definition) is 3. The molecule has 1 amide bonds. The predicted molar refractivity (Wildman–Crippen MR) is 126 cm³/mol. The summed E-state index contributed by atoms with van der Waals surface area (Å²) in [4.78, 5) is 16.8. The number of nitrogens with zero attached hydrogens (tertiary/aromatic N) is 1. The highest BCUT2D eigenvalue weighted by Gasteiger charge is 2.11. The van der Waals surface area contributed by atoms with Crippen molar-refractivity contribution in [2.45, 2.75) is 40.7 Å². The van der Waals surface area contributed by atoms with Gasteiger partial charge >= 0.3 is 0 Å². The van der Waals surface area contributed by atoms with Crippen molar-refractivity contribution in [3.8, 4) is 5.75 Å². The molecule has 0 fully saturated rings. The van der Waals surface area contributed by atoms with Crippen molar-refractivity contribution in [2.75, 3.05) is 39.5 Å². The van der Waals surface area contributed by atoms with Gasteiger partial charge in [0.25, 0.3) is 5.91 Å². The van der Waals surface area contributed by atoms with Crippen LogP contribution >= 0.6 is 0 Å². The van der Waals surface area contributed by atoms with Gasteiger partial charge in [-0.15, -0.1) is 0 Å². The Balaban J connectivity index is 1.83. The van der Waals surface area contributed by atoms with E-state index in [9.17, 15) is 4.79 Å². The number of guanidine groups is 1. The van der Waals surface area contributed by atoms with E-state index in [1.807, 2.05) is 39.8 Å². The summed E-state index contributed by atoms with van der Waals surface area (Å²) in [5.74, 6) is 1.73. The summed E-state index contributed by atoms with van der Waals surface area (Å²) in [6.45, 7) is 12.1. The number of aryl methyl sites for hydroxylation is 2. The van der Waals surface area contributed by atoms with Gasteiger partial charge in [0.2, 0.25) is 0 Å². The van der Waals surface area contributed by atoms with Crippen molar-refractivity contribution in [3.63, 3.8) is 0 Å². The number of carbonyl (C=O) groups is 1. The molecule has 0 aliphatic rings. The first-order chi connectivity index (χ1) is 15.5. The summed E-state index contributed by atoms with van der Waals surface area (Å²) in [6, 6.07) is 7.91. The van der Waals surface area contributed by atoms with E-state index in [0.29, 0.717) is 45.2 Å². The van der Waals surface area contributed by atoms with Crippen LogP contribution in [0.3, 0.4) is 0 Å². The van der Waals surface area contributed by atoms with Crippen LogP contribution in [-0.2, 0) is 11.3 Å². The number of rotatable bonds is 13. The zero-order valence-corrected chi connectivity index (χ0v) is 19.6. The number of nitrogens with one attached hydrogen (secondary N) is 3. The molecule has 32 heavy (non-hydrogen) atoms. The summed E-state index contributed by atoms with van der Waals surface area (Å²) in [5.41, 5.74) is 2.99. The molecule has 0 saturated heterocycles. The molecular weight excluding hydrogens is 408 g/mol. The lowest BCUT2D eigenvalue weighted by Gasteiger charge is -2.14. The van der Waals surface area contributed by atoms with Crippen molar-refractivity contribution < 1.29 is 18.7 Å². The average Bonchev–Trinajstić information content (AvgIpc) is 3.21. The van der Waals surface area contributed by atoms with Crippen molar-refractivity contribution >= 4 is 11.9 Å². The molecule has 2 rings (SSSR count). The Morgan fingerprint density at radius 3 is 2.59 bits per heavy atom. The quantitative estimate of drug-likeness (QED) is 0.249. The van der Waals surface area contributed by atoms with Gasteiger partial charge in [-0.2, -0.15) is 0 Å². The zero-order chi connectivity index (χ0) is 23.2. The second-order valence-corrected chi connectivity index (χ2v) is 7.32. The van der Waals surface area contributed by atoms with E-state index in [0.717, 1.165) is 41.4 Å². The number of ether oxygens (including phenoxy) is 2. The minimum Gasteiger partial charge on any atom is -0.491 e. The van der Waals surface area contributed by atoms with Gasteiger partial charge in [-0.1, -0.05) is 12.1 Å². The van der Waals surface area contributed by atoms with Crippen molar-refractivity contribution in [3.05, 3.63) is 53.0 Å². The SMILES string of the molecule is CCNC(=NCc1ccc(C)cc1OCCOCC)NCCCNC(=O)c1occc1C. The average molecular weight is 445 g/mol. The Morgan fingerprint density at radius 1 is 1.06 bits per heavy atom. The van der Waals surface area contributed by atoms with Crippen molar-refractivity contribution in [1.82, 2.24) is 16.0 Å². The Kier molecular flexibility index (Phi) is 11.2. The van der Waals surface area contributed by atoms with E-state index < -0.39 is 0 Å². The fourth-order valence-corrected chi connectivity index (χ4v) is 2.97. The lowest BCUT2D eigenvalue weighted by Crippen LogP contribution is -2.38. The molecule has 176 valence electrons. The summed E-state index contributed by atoms with van der Waals surface area (Å²) in [5, 5.41) is 9.42. The molecule has 0 aliphatic heterocycles. The lowest BCUT2D eigenvalue weighted by molar-refractivity contribution is 0.0925. The third kappa shape index (κ3) is 8.63. The molecule has 8 heteroatoms. The number of amides is 1. The van der Waals surface area contributed by atoms with E-state index in [-0.39, 0.29) is 5.91 Å². The van der Waals surface area contributed by atoms with Crippen LogP contribution in [0.25, 0.3) is 0 Å². The molecule has 0 atom stereocenters. The molecule has 1 aromatic heterocycles. The molecule has 0 unspecified atom stereocenters. The fourth-order valence-electron chi connectivity index (χ4n) is 2.97. The van der Waals surface area contributed by atoms with Gasteiger partial charge in [-0.3, -0.25) is 4.79 Å². The summed E-state index contributed by atoms with van der Waals surface area (Å²) in [7, 11) is 0. The molecule has 0 bridgehead atoms. The number of carbonyl (C=O) groups excluding carboxylic acids is 1. The third-order valence-electron chi connectivity index (χ3n) is 4.66. The number of hydrogen-bond acceptors (Lipinski definition) is 5. The maximum Gasteiger partial charge on any atom is 0.287 e. The number of benzene rings is 1. The smallest absolute Gasteiger partial charge is 0.287 e. The van der Waals surface area contributed by atoms with Crippen LogP contribution in [-0.4, -0.2) is 51.3 Å². The highest BCUT2D eigenvalue weighted by Crippen LogP contribution is 2.21. The van der Waals surface area contributed by atoms with Crippen molar-refractivity contribution in [2.24, 2.45) is 4.99 Å². The number of aliphatic imine (C=N–C) groups is 1. The van der Waals surface area contributed by atoms with Gasteiger partial charge in [0.1, 0.15) is 12.4 Å². The molecular formula is C24H36N4O4. The predicted octanol–water partition coefficient (Wildman–Crippen LogP) is 3.19. The van der Waals surface area contributed by atoms with Crippen LogP contribution < -0.4 is 20.7 Å². The Labute approximate surface area is 190 Å². The van der Waals surface area contributed by atoms with Crippen LogP contribution in [0.5, 0.6) is 5.75 Å². The highest BCUT2D eigenvalue weighted by molar-refractivity contribution is 5.92. The second kappa shape index (κ2) is 14.1. The second-order valence-electron chi connectivity index (χ2n) is 7.32. The monoisotopic (exact) mass is 444 g/mol. The van der Waals surface area contributed by atoms with Gasteiger partial charge in [0.05, 0.1) is 19.4 Å². The molecule has 2 aromatic rings. The third-order valence-corrected chi connectivity index (χ3v) is 4.66. The molecule has 3 N–H and O–H groups in total. The standard InChI is InChI=1S/C24H36N4O4/c1-5-25-24(27-12-7-11-26-23(29)22-19(4)10-13-32-22)28-17-20-9-8-18(3)16-21(20)31-15-14-30-6-2/h8-10,13,16H,5-7,11-12,14-15,17H2,1-4H3,(H,26,29)(H2,25,27,28). The van der Waals surface area contributed by atoms with E-state index >= 15 is 0 Å². The normalized spacial score (nSPS) is 11.3. The van der Waals surface area contributed by atoms with Gasteiger partial charge < -0.3 is 29.8 Å². The van der Waals surface area contributed by atoms with Crippen LogP contribution in [0.15, 0.2) is 39.9 Å². The van der Waals surface area contributed by atoms with E-state index in [1.54, 1.807) is 6.07 Å². The summed E-state index contributed by atoms with van der Waals surface area (Å²) < 4.78 is 16.5. The first-order valence-electron chi connectivity index (χ1n) is 11.2. The molecule has 0 saturated carbocycles. The minimum absolute atomic E-state index is 0.190. The Hall–Kier alpha value is -3.00. The molecule has 0 spiro atoms. The summed E-state index contributed by atoms with van der Waals surface area (Å²) in [6.07, 6.45) is 2.28. The number of furan rings is 1. The van der Waals surface area contributed by atoms with Crippen LogP contribution in [0.1, 0.15) is 47.5 Å². The van der Waals surface area contributed by atoms with Crippen LogP contribution in [0, 0.1) is 13.8 Å². The van der Waals surface area contributed by atoms with E-state index in [4.69, 9.17) is 13.9 Å². The molecule has 0 aliphatic carbocycles. The minimum atomic E-state index is -0.190.